The van der Waals surface area contributed by atoms with E-state index in [1.54, 1.807) is 0 Å². The Balaban J connectivity index is 1.55. The highest BCUT2D eigenvalue weighted by Crippen LogP contribution is 2.26. The molecule has 6 nitrogen and oxygen atoms in total. The molecule has 1 saturated heterocycles. The molecule has 0 spiro atoms. The zero-order valence-electron chi connectivity index (χ0n) is 16.4. The molecule has 0 aromatic heterocycles. The SMILES string of the molecule is CCc1cccc(C)c1NC(=O)COC(=O)[C@@H]1CC(=O)N(c2ccc(F)cc2)C1. The molecule has 7 heteroatoms. The number of nitrogens with zero attached hydrogens (tertiary/aromatic N) is 1. The van der Waals surface area contributed by atoms with Crippen LogP contribution in [0.5, 0.6) is 0 Å². The third kappa shape index (κ3) is 4.80. The molecule has 2 aromatic carbocycles. The molecule has 2 amide bonds. The standard InChI is InChI=1S/C22H23FN2O4/c1-3-15-6-4-5-14(2)21(15)24-19(26)13-29-22(28)16-11-20(27)25(12-16)18-9-7-17(23)8-10-18/h4-10,16H,3,11-13H2,1-2H3,(H,24,26)/t16-/m1/s1. The van der Waals surface area contributed by atoms with E-state index < -0.39 is 30.2 Å². The van der Waals surface area contributed by atoms with Crippen molar-refractivity contribution in [2.45, 2.75) is 26.7 Å². The first kappa shape index (κ1) is 20.5. The minimum atomic E-state index is -0.662. The van der Waals surface area contributed by atoms with Crippen LogP contribution in [0.15, 0.2) is 42.5 Å². The lowest BCUT2D eigenvalue weighted by Gasteiger charge is -2.16. The van der Waals surface area contributed by atoms with Gasteiger partial charge in [-0.15, -0.1) is 0 Å². The van der Waals surface area contributed by atoms with Crippen molar-refractivity contribution < 1.29 is 23.5 Å². The second-order valence-corrected chi connectivity index (χ2v) is 7.00. The van der Waals surface area contributed by atoms with Gasteiger partial charge in [0.2, 0.25) is 5.91 Å². The van der Waals surface area contributed by atoms with E-state index in [1.807, 2.05) is 32.0 Å². The monoisotopic (exact) mass is 398 g/mol. The summed E-state index contributed by atoms with van der Waals surface area (Å²) in [6.45, 7) is 3.61. The molecule has 0 radical (unpaired) electrons. The minimum Gasteiger partial charge on any atom is -0.455 e. The van der Waals surface area contributed by atoms with Crippen LogP contribution in [0.1, 0.15) is 24.5 Å². The number of hydrogen-bond donors (Lipinski definition) is 1. The number of benzene rings is 2. The van der Waals surface area contributed by atoms with Crippen LogP contribution in [0.4, 0.5) is 15.8 Å². The number of ether oxygens (including phenoxy) is 1. The van der Waals surface area contributed by atoms with Crippen molar-refractivity contribution in [2.75, 3.05) is 23.4 Å². The Labute approximate surface area is 168 Å². The number of aryl methyl sites for hydroxylation is 2. The predicted molar refractivity (Wildman–Crippen MR) is 107 cm³/mol. The highest BCUT2D eigenvalue weighted by atomic mass is 19.1. The fourth-order valence-electron chi connectivity index (χ4n) is 3.37. The molecule has 0 bridgehead atoms. The lowest BCUT2D eigenvalue weighted by atomic mass is 10.1. The van der Waals surface area contributed by atoms with Gasteiger partial charge in [-0.1, -0.05) is 25.1 Å². The number of hydrogen-bond acceptors (Lipinski definition) is 4. The van der Waals surface area contributed by atoms with E-state index in [1.165, 1.54) is 29.2 Å². The first-order chi connectivity index (χ1) is 13.9. The number of nitrogens with one attached hydrogen (secondary N) is 1. The molecule has 0 saturated carbocycles. The molecular weight excluding hydrogens is 375 g/mol. The molecule has 2 aromatic rings. The third-order valence-corrected chi connectivity index (χ3v) is 4.95. The maximum absolute atomic E-state index is 13.1. The van der Waals surface area contributed by atoms with Crippen molar-refractivity contribution in [3.8, 4) is 0 Å². The van der Waals surface area contributed by atoms with Gasteiger partial charge >= 0.3 is 5.97 Å². The summed E-state index contributed by atoms with van der Waals surface area (Å²) in [7, 11) is 0. The van der Waals surface area contributed by atoms with Crippen LogP contribution in [-0.2, 0) is 25.5 Å². The number of rotatable bonds is 6. The van der Waals surface area contributed by atoms with Gasteiger partial charge in [0.25, 0.3) is 5.91 Å². The quantitative estimate of drug-likeness (QED) is 0.758. The third-order valence-electron chi connectivity index (χ3n) is 4.95. The zero-order chi connectivity index (χ0) is 21.0. The fraction of sp³-hybridized carbons (Fsp3) is 0.318. The van der Waals surface area contributed by atoms with Crippen LogP contribution in [0.2, 0.25) is 0 Å². The minimum absolute atomic E-state index is 0.00436. The van der Waals surface area contributed by atoms with E-state index in [4.69, 9.17) is 4.74 Å². The van der Waals surface area contributed by atoms with Gasteiger partial charge in [0.05, 0.1) is 5.92 Å². The summed E-state index contributed by atoms with van der Waals surface area (Å²) in [6.07, 6.45) is 0.760. The van der Waals surface area contributed by atoms with Crippen LogP contribution >= 0.6 is 0 Å². The normalized spacial score (nSPS) is 16.0. The number of halogens is 1. The summed E-state index contributed by atoms with van der Waals surface area (Å²) in [5, 5.41) is 2.80. The zero-order valence-corrected chi connectivity index (χ0v) is 16.4. The summed E-state index contributed by atoms with van der Waals surface area (Å²) < 4.78 is 18.2. The van der Waals surface area contributed by atoms with Crippen LogP contribution in [0, 0.1) is 18.7 Å². The van der Waals surface area contributed by atoms with E-state index >= 15 is 0 Å². The van der Waals surface area contributed by atoms with Gasteiger partial charge < -0.3 is 15.0 Å². The van der Waals surface area contributed by atoms with Crippen molar-refractivity contribution in [1.82, 2.24) is 0 Å². The maximum atomic E-state index is 13.1. The molecule has 1 N–H and O–H groups in total. The van der Waals surface area contributed by atoms with Gasteiger partial charge in [0.1, 0.15) is 5.82 Å². The van der Waals surface area contributed by atoms with Gasteiger partial charge in [-0.25, -0.2) is 4.39 Å². The molecule has 0 unspecified atom stereocenters. The highest BCUT2D eigenvalue weighted by molar-refractivity contribution is 6.00. The van der Waals surface area contributed by atoms with Crippen LogP contribution in [-0.4, -0.2) is 30.9 Å². The molecule has 1 fully saturated rings. The average molecular weight is 398 g/mol. The molecule has 1 aliphatic heterocycles. The largest absolute Gasteiger partial charge is 0.455 e. The number of esters is 1. The summed E-state index contributed by atoms with van der Waals surface area (Å²) in [5.74, 6) is -2.33. The Bertz CT molecular complexity index is 927. The van der Waals surface area contributed by atoms with Crippen LogP contribution < -0.4 is 10.2 Å². The van der Waals surface area contributed by atoms with Crippen molar-refractivity contribution in [1.29, 1.82) is 0 Å². The maximum Gasteiger partial charge on any atom is 0.311 e. The van der Waals surface area contributed by atoms with Gasteiger partial charge in [0, 0.05) is 24.3 Å². The van der Waals surface area contributed by atoms with E-state index in [0.717, 1.165) is 23.2 Å². The first-order valence-electron chi connectivity index (χ1n) is 9.50. The van der Waals surface area contributed by atoms with Gasteiger partial charge in [0.15, 0.2) is 6.61 Å². The summed E-state index contributed by atoms with van der Waals surface area (Å²) in [5.41, 5.74) is 3.19. The second kappa shape index (κ2) is 8.86. The van der Waals surface area contributed by atoms with E-state index in [-0.39, 0.29) is 18.9 Å². The Hall–Kier alpha value is -3.22. The van der Waals surface area contributed by atoms with Crippen molar-refractivity contribution in [3.05, 3.63) is 59.4 Å². The van der Waals surface area contributed by atoms with Gasteiger partial charge in [-0.3, -0.25) is 14.4 Å². The second-order valence-electron chi connectivity index (χ2n) is 7.00. The topological polar surface area (TPSA) is 75.7 Å². The Morgan fingerprint density at radius 1 is 1.21 bits per heavy atom. The summed E-state index contributed by atoms with van der Waals surface area (Å²) >= 11 is 0. The molecule has 152 valence electrons. The van der Waals surface area contributed by atoms with Gasteiger partial charge in [-0.2, -0.15) is 0 Å². The highest BCUT2D eigenvalue weighted by Gasteiger charge is 2.36. The predicted octanol–water partition coefficient (Wildman–Crippen LogP) is 3.23. The smallest absolute Gasteiger partial charge is 0.311 e. The van der Waals surface area contributed by atoms with Crippen molar-refractivity contribution >= 4 is 29.2 Å². The van der Waals surface area contributed by atoms with E-state index in [9.17, 15) is 18.8 Å². The number of amides is 2. The molecular formula is C22H23FN2O4. The van der Waals surface area contributed by atoms with Gasteiger partial charge in [-0.05, 0) is 48.7 Å². The molecule has 1 aliphatic rings. The Kier molecular flexibility index (Phi) is 6.26. The van der Waals surface area contributed by atoms with Crippen molar-refractivity contribution in [2.24, 2.45) is 5.92 Å². The summed E-state index contributed by atoms with van der Waals surface area (Å²) in [4.78, 5) is 38.2. The number of para-hydroxylation sites is 1. The molecule has 29 heavy (non-hydrogen) atoms. The lowest BCUT2D eigenvalue weighted by molar-refractivity contribution is -0.151. The lowest BCUT2D eigenvalue weighted by Crippen LogP contribution is -2.28. The molecule has 1 heterocycles. The molecule has 1 atom stereocenters. The van der Waals surface area contributed by atoms with Crippen molar-refractivity contribution in [3.63, 3.8) is 0 Å². The Morgan fingerprint density at radius 3 is 2.62 bits per heavy atom. The Morgan fingerprint density at radius 2 is 1.93 bits per heavy atom. The van der Waals surface area contributed by atoms with E-state index in [0.29, 0.717) is 5.69 Å². The number of carbonyl (C=O) groups is 3. The number of anilines is 2. The number of carbonyl (C=O) groups excluding carboxylic acids is 3. The molecule has 3 rings (SSSR count). The van der Waals surface area contributed by atoms with Crippen LogP contribution in [0.3, 0.4) is 0 Å². The first-order valence-corrected chi connectivity index (χ1v) is 9.50. The van der Waals surface area contributed by atoms with Crippen LogP contribution in [0.25, 0.3) is 0 Å². The molecule has 0 aliphatic carbocycles. The summed E-state index contributed by atoms with van der Waals surface area (Å²) in [6, 6.07) is 11.2. The average Bonchev–Trinajstić information content (AvgIpc) is 3.10. The fourth-order valence-corrected chi connectivity index (χ4v) is 3.37. The van der Waals surface area contributed by atoms with E-state index in [2.05, 4.69) is 5.32 Å².